The summed E-state index contributed by atoms with van der Waals surface area (Å²) < 4.78 is 6.43. The number of carbonyl (C=O) groups is 1. The van der Waals surface area contributed by atoms with Crippen LogP contribution in [0, 0.1) is 5.92 Å². The molecule has 21 heavy (non-hydrogen) atoms. The quantitative estimate of drug-likeness (QED) is 0.752. The zero-order valence-electron chi connectivity index (χ0n) is 11.8. The monoisotopic (exact) mass is 367 g/mol. The van der Waals surface area contributed by atoms with Crippen LogP contribution >= 0.6 is 27.3 Å². The fraction of sp³-hybridized carbons (Fsp3) is 0.312. The second-order valence-corrected chi connectivity index (χ2v) is 6.67. The number of carbonyl (C=O) groups excluding carboxylic acids is 1. The molecule has 1 heterocycles. The smallest absolute Gasteiger partial charge is 0.310 e. The normalized spacial score (nSPS) is 12.1. The molecule has 0 amide bonds. The summed E-state index contributed by atoms with van der Waals surface area (Å²) in [5.41, 5.74) is 1.01. The van der Waals surface area contributed by atoms with Crippen molar-refractivity contribution in [1.82, 2.24) is 5.32 Å². The zero-order chi connectivity index (χ0) is 15.1. The largest absolute Gasteiger partial charge is 0.461 e. The van der Waals surface area contributed by atoms with Gasteiger partial charge in [-0.3, -0.25) is 4.79 Å². The molecule has 0 radical (unpaired) electrons. The minimum absolute atomic E-state index is 0.160. The van der Waals surface area contributed by atoms with Gasteiger partial charge in [-0.15, -0.1) is 11.3 Å². The lowest BCUT2D eigenvalue weighted by atomic mass is 10.2. The number of rotatable bonds is 7. The third-order valence-corrected chi connectivity index (χ3v) is 4.98. The predicted molar refractivity (Wildman–Crippen MR) is 89.1 cm³/mol. The van der Waals surface area contributed by atoms with Gasteiger partial charge in [0, 0.05) is 22.4 Å². The maximum atomic E-state index is 11.9. The van der Waals surface area contributed by atoms with E-state index in [0.717, 1.165) is 16.6 Å². The van der Waals surface area contributed by atoms with Gasteiger partial charge >= 0.3 is 5.97 Å². The highest BCUT2D eigenvalue weighted by Crippen LogP contribution is 2.22. The standard InChI is InChI=1S/C16H18BrNO2S/c1-12(9-18-10-15-14(17)7-8-21-15)16(19)20-11-13-5-3-2-4-6-13/h2-8,12,18H,9-11H2,1H3. The second-order valence-electron chi connectivity index (χ2n) is 4.82. The molecule has 3 nitrogen and oxygen atoms in total. The van der Waals surface area contributed by atoms with Crippen molar-refractivity contribution in [2.24, 2.45) is 5.92 Å². The van der Waals surface area contributed by atoms with Gasteiger partial charge in [-0.05, 0) is 32.9 Å². The lowest BCUT2D eigenvalue weighted by molar-refractivity contribution is -0.149. The molecule has 1 unspecified atom stereocenters. The van der Waals surface area contributed by atoms with Crippen LogP contribution in [0.25, 0.3) is 0 Å². The number of hydrogen-bond acceptors (Lipinski definition) is 4. The number of halogens is 1. The molecule has 0 saturated carbocycles. The highest BCUT2D eigenvalue weighted by Gasteiger charge is 2.14. The first-order valence-electron chi connectivity index (χ1n) is 6.80. The van der Waals surface area contributed by atoms with E-state index in [1.807, 2.05) is 48.7 Å². The minimum atomic E-state index is -0.170. The molecule has 5 heteroatoms. The Morgan fingerprint density at radius 1 is 1.33 bits per heavy atom. The Hall–Kier alpha value is -1.17. The van der Waals surface area contributed by atoms with E-state index in [-0.39, 0.29) is 11.9 Å². The topological polar surface area (TPSA) is 38.3 Å². The number of esters is 1. The van der Waals surface area contributed by atoms with Gasteiger partial charge in [0.15, 0.2) is 0 Å². The molecular weight excluding hydrogens is 350 g/mol. The van der Waals surface area contributed by atoms with E-state index in [1.165, 1.54) is 4.88 Å². The minimum Gasteiger partial charge on any atom is -0.461 e. The number of hydrogen-bond donors (Lipinski definition) is 1. The summed E-state index contributed by atoms with van der Waals surface area (Å²) in [5.74, 6) is -0.330. The summed E-state index contributed by atoms with van der Waals surface area (Å²) in [4.78, 5) is 13.1. The Balaban J connectivity index is 1.69. The Morgan fingerprint density at radius 3 is 2.76 bits per heavy atom. The number of thiophene rings is 1. The molecule has 1 aromatic heterocycles. The van der Waals surface area contributed by atoms with E-state index in [0.29, 0.717) is 13.2 Å². The molecule has 0 bridgehead atoms. The van der Waals surface area contributed by atoms with E-state index in [4.69, 9.17) is 4.74 Å². The fourth-order valence-corrected chi connectivity index (χ4v) is 3.27. The van der Waals surface area contributed by atoms with Crippen LogP contribution in [0.1, 0.15) is 17.4 Å². The van der Waals surface area contributed by atoms with E-state index in [9.17, 15) is 4.79 Å². The average molecular weight is 368 g/mol. The molecule has 0 fully saturated rings. The predicted octanol–water partition coefficient (Wildman–Crippen LogP) is 3.98. The number of nitrogens with one attached hydrogen (secondary N) is 1. The van der Waals surface area contributed by atoms with Crippen molar-refractivity contribution in [3.8, 4) is 0 Å². The van der Waals surface area contributed by atoms with Crippen molar-refractivity contribution in [3.63, 3.8) is 0 Å². The van der Waals surface area contributed by atoms with Crippen LogP contribution in [0.4, 0.5) is 0 Å². The molecule has 0 spiro atoms. The Kier molecular flexibility index (Phi) is 6.42. The molecule has 0 aliphatic rings. The maximum Gasteiger partial charge on any atom is 0.310 e. The Morgan fingerprint density at radius 2 is 2.10 bits per heavy atom. The third kappa shape index (κ3) is 5.26. The summed E-state index contributed by atoms with van der Waals surface area (Å²) in [6.07, 6.45) is 0. The maximum absolute atomic E-state index is 11.9. The summed E-state index contributed by atoms with van der Waals surface area (Å²) in [7, 11) is 0. The first-order valence-corrected chi connectivity index (χ1v) is 8.47. The van der Waals surface area contributed by atoms with Crippen LogP contribution in [0.3, 0.4) is 0 Å². The van der Waals surface area contributed by atoms with E-state index < -0.39 is 0 Å². The summed E-state index contributed by atoms with van der Waals surface area (Å²) >= 11 is 5.18. The molecule has 1 N–H and O–H groups in total. The first-order chi connectivity index (χ1) is 10.2. The lowest BCUT2D eigenvalue weighted by Crippen LogP contribution is -2.27. The van der Waals surface area contributed by atoms with Gasteiger partial charge in [-0.2, -0.15) is 0 Å². The van der Waals surface area contributed by atoms with Crippen molar-refractivity contribution in [2.75, 3.05) is 6.54 Å². The number of benzene rings is 1. The second kappa shape index (κ2) is 8.32. The van der Waals surface area contributed by atoms with Crippen LogP contribution in [0.15, 0.2) is 46.3 Å². The summed E-state index contributed by atoms with van der Waals surface area (Å²) in [5, 5.41) is 5.33. The van der Waals surface area contributed by atoms with Crippen LogP contribution in [0.2, 0.25) is 0 Å². The van der Waals surface area contributed by atoms with Gasteiger partial charge in [0.1, 0.15) is 6.61 Å². The van der Waals surface area contributed by atoms with Gasteiger partial charge in [-0.1, -0.05) is 37.3 Å². The van der Waals surface area contributed by atoms with Gasteiger partial charge in [0.25, 0.3) is 0 Å². The van der Waals surface area contributed by atoms with Gasteiger partial charge in [0.05, 0.1) is 5.92 Å². The lowest BCUT2D eigenvalue weighted by Gasteiger charge is -2.12. The molecule has 1 aromatic carbocycles. The molecule has 0 aliphatic carbocycles. The SMILES string of the molecule is CC(CNCc1sccc1Br)C(=O)OCc1ccccc1. The molecule has 112 valence electrons. The van der Waals surface area contributed by atoms with Crippen LogP contribution < -0.4 is 5.32 Å². The van der Waals surface area contributed by atoms with Crippen molar-refractivity contribution in [3.05, 3.63) is 56.7 Å². The van der Waals surface area contributed by atoms with Crippen molar-refractivity contribution in [2.45, 2.75) is 20.1 Å². The van der Waals surface area contributed by atoms with Gasteiger partial charge in [-0.25, -0.2) is 0 Å². The van der Waals surface area contributed by atoms with Gasteiger partial charge in [0.2, 0.25) is 0 Å². The van der Waals surface area contributed by atoms with Crippen LogP contribution in [-0.4, -0.2) is 12.5 Å². The Bertz CT molecular complexity index is 571. The van der Waals surface area contributed by atoms with Gasteiger partial charge < -0.3 is 10.1 Å². The van der Waals surface area contributed by atoms with Crippen molar-refractivity contribution >= 4 is 33.2 Å². The average Bonchev–Trinajstić information content (AvgIpc) is 2.91. The molecule has 2 rings (SSSR count). The molecule has 0 aliphatic heterocycles. The molecule has 2 aromatic rings. The molecule has 0 saturated heterocycles. The zero-order valence-corrected chi connectivity index (χ0v) is 14.2. The van der Waals surface area contributed by atoms with E-state index in [1.54, 1.807) is 11.3 Å². The van der Waals surface area contributed by atoms with Crippen molar-refractivity contribution < 1.29 is 9.53 Å². The van der Waals surface area contributed by atoms with Crippen LogP contribution in [-0.2, 0) is 22.7 Å². The fourth-order valence-electron chi connectivity index (χ4n) is 1.81. The molecule has 1 atom stereocenters. The van der Waals surface area contributed by atoms with E-state index in [2.05, 4.69) is 21.2 Å². The van der Waals surface area contributed by atoms with Crippen molar-refractivity contribution in [1.29, 1.82) is 0 Å². The summed E-state index contributed by atoms with van der Waals surface area (Å²) in [6.45, 7) is 3.58. The first kappa shape index (κ1) is 16.2. The highest BCUT2D eigenvalue weighted by atomic mass is 79.9. The van der Waals surface area contributed by atoms with Crippen LogP contribution in [0.5, 0.6) is 0 Å². The number of ether oxygens (including phenoxy) is 1. The molecular formula is C16H18BrNO2S. The third-order valence-electron chi connectivity index (χ3n) is 3.05. The summed E-state index contributed by atoms with van der Waals surface area (Å²) in [6, 6.07) is 11.7. The Labute approximate surface area is 137 Å². The van der Waals surface area contributed by atoms with E-state index >= 15 is 0 Å². The highest BCUT2D eigenvalue weighted by molar-refractivity contribution is 9.10.